The van der Waals surface area contributed by atoms with E-state index in [2.05, 4.69) is 4.74 Å². The lowest BCUT2D eigenvalue weighted by Gasteiger charge is -2.36. The van der Waals surface area contributed by atoms with Crippen LogP contribution in [0.5, 0.6) is 0 Å². The number of likely N-dealkylation sites (tertiary alicyclic amines) is 1. The maximum Gasteiger partial charge on any atom is 0.423 e. The Balaban J connectivity index is 1.83. The fourth-order valence-corrected chi connectivity index (χ4v) is 4.93. The van der Waals surface area contributed by atoms with Crippen molar-refractivity contribution in [1.29, 1.82) is 0 Å². The predicted molar refractivity (Wildman–Crippen MR) is 119 cm³/mol. The number of ether oxygens (including phenoxy) is 2. The molecule has 1 saturated heterocycles. The van der Waals surface area contributed by atoms with Gasteiger partial charge in [0.25, 0.3) is 0 Å². The van der Waals surface area contributed by atoms with Crippen molar-refractivity contribution in [3.8, 4) is 0 Å². The summed E-state index contributed by atoms with van der Waals surface area (Å²) in [5.41, 5.74) is 2.04. The molecule has 3 rings (SSSR count). The second-order valence-electron chi connectivity index (χ2n) is 8.61. The van der Waals surface area contributed by atoms with Crippen LogP contribution < -0.4 is 0 Å². The molecule has 0 bridgehead atoms. The van der Waals surface area contributed by atoms with Crippen molar-refractivity contribution >= 4 is 24.0 Å². The number of rotatable bonds is 9. The molecule has 3 N–H and O–H groups in total. The molecule has 4 atom stereocenters. The van der Waals surface area contributed by atoms with Gasteiger partial charge >= 0.3 is 6.09 Å². The largest absolute Gasteiger partial charge is 0.459 e. The lowest BCUT2D eigenvalue weighted by Crippen LogP contribution is -2.40. The SMILES string of the molecule is COCC1=C([C@H](O)CC/C(C)=C/c2ccc(CO)o2)[C@H](CO)[C@@H]2C(=O)N(C(=O)OC)C(=O)[C@@H]2C1. The second kappa shape index (κ2) is 11.1. The van der Waals surface area contributed by atoms with E-state index in [1.807, 2.05) is 13.0 Å². The number of nitrogens with zero attached hydrogens (tertiary/aromatic N) is 1. The predicted octanol–water partition coefficient (Wildman–Crippen LogP) is 1.64. The van der Waals surface area contributed by atoms with E-state index >= 15 is 0 Å². The Hall–Kier alpha value is -2.79. The summed E-state index contributed by atoms with van der Waals surface area (Å²) in [6.07, 6.45) is 0.697. The molecule has 3 amide bonds. The van der Waals surface area contributed by atoms with Crippen LogP contribution in [0.25, 0.3) is 6.08 Å². The highest BCUT2D eigenvalue weighted by atomic mass is 16.5. The zero-order valence-corrected chi connectivity index (χ0v) is 19.5. The van der Waals surface area contributed by atoms with Crippen molar-refractivity contribution in [1.82, 2.24) is 4.90 Å². The minimum Gasteiger partial charge on any atom is -0.459 e. The quantitative estimate of drug-likeness (QED) is 0.357. The molecule has 0 radical (unpaired) electrons. The number of carbonyl (C=O) groups is 3. The molecule has 10 heteroatoms. The van der Waals surface area contributed by atoms with Crippen molar-refractivity contribution in [2.45, 2.75) is 38.9 Å². The van der Waals surface area contributed by atoms with Crippen LogP contribution in [-0.2, 0) is 25.7 Å². The molecular formula is C24H31NO9. The normalized spacial score (nSPS) is 24.0. The van der Waals surface area contributed by atoms with Crippen molar-refractivity contribution in [2.75, 3.05) is 27.4 Å². The number of amides is 3. The summed E-state index contributed by atoms with van der Waals surface area (Å²) in [5, 5.41) is 30.4. The van der Waals surface area contributed by atoms with Gasteiger partial charge in [-0.3, -0.25) is 9.59 Å². The van der Waals surface area contributed by atoms with Crippen LogP contribution in [0.2, 0.25) is 0 Å². The van der Waals surface area contributed by atoms with Gasteiger partial charge in [0, 0.05) is 13.0 Å². The molecule has 0 unspecified atom stereocenters. The molecule has 0 spiro atoms. The standard InChI is InChI=1S/C24H31NO9/c1-13(8-15-5-6-16(10-26)34-15)4-7-19(28)20-14(12-32-2)9-17-21(18(20)11-27)23(30)25(22(17)29)24(31)33-3/h5-6,8,17-19,21,26-28H,4,7,9-12H2,1-3H3/b13-8+/t17-,18+,19-,21-/m1/s1. The molecule has 1 aliphatic heterocycles. The van der Waals surface area contributed by atoms with Crippen molar-refractivity contribution in [3.05, 3.63) is 40.4 Å². The molecule has 10 nitrogen and oxygen atoms in total. The maximum atomic E-state index is 13.0. The summed E-state index contributed by atoms with van der Waals surface area (Å²) >= 11 is 0. The van der Waals surface area contributed by atoms with Gasteiger partial charge in [-0.1, -0.05) is 5.57 Å². The van der Waals surface area contributed by atoms with E-state index in [0.717, 1.165) is 12.7 Å². The number of hydrogen-bond donors (Lipinski definition) is 3. The van der Waals surface area contributed by atoms with Crippen molar-refractivity contribution < 1.29 is 43.6 Å². The smallest absolute Gasteiger partial charge is 0.423 e. The molecule has 2 aliphatic rings. The molecule has 186 valence electrons. The number of aliphatic hydroxyl groups excluding tert-OH is 3. The number of carbonyl (C=O) groups excluding carboxylic acids is 3. The highest BCUT2D eigenvalue weighted by Gasteiger charge is 2.57. The average molecular weight is 478 g/mol. The number of fused-ring (bicyclic) bond motifs is 1. The Labute approximate surface area is 197 Å². The molecule has 1 fully saturated rings. The molecule has 0 aromatic carbocycles. The van der Waals surface area contributed by atoms with Gasteiger partial charge in [0.05, 0.1) is 38.3 Å². The fourth-order valence-electron chi connectivity index (χ4n) is 4.93. The van der Waals surface area contributed by atoms with Crippen LogP contribution in [0.1, 0.15) is 37.7 Å². The first-order chi connectivity index (χ1) is 16.3. The van der Waals surface area contributed by atoms with Crippen LogP contribution in [0.4, 0.5) is 4.79 Å². The molecule has 1 aromatic rings. The van der Waals surface area contributed by atoms with Gasteiger partial charge in [0.1, 0.15) is 18.1 Å². The lowest BCUT2D eigenvalue weighted by molar-refractivity contribution is -0.137. The zero-order chi connectivity index (χ0) is 25.0. The van der Waals surface area contributed by atoms with Gasteiger partial charge in [-0.15, -0.1) is 0 Å². The van der Waals surface area contributed by atoms with Gasteiger partial charge in [-0.05, 0) is 55.5 Å². The summed E-state index contributed by atoms with van der Waals surface area (Å²) < 4.78 is 15.3. The first-order valence-corrected chi connectivity index (χ1v) is 11.1. The number of imide groups is 3. The topological polar surface area (TPSA) is 147 Å². The number of aliphatic hydroxyl groups is 3. The Morgan fingerprint density at radius 2 is 2.00 bits per heavy atom. The number of methoxy groups -OCH3 is 2. The third-order valence-corrected chi connectivity index (χ3v) is 6.45. The monoisotopic (exact) mass is 477 g/mol. The van der Waals surface area contributed by atoms with Gasteiger partial charge in [-0.25, -0.2) is 4.79 Å². The van der Waals surface area contributed by atoms with Crippen LogP contribution in [0.15, 0.2) is 33.3 Å². The molecule has 1 aromatic heterocycles. The van der Waals surface area contributed by atoms with Crippen molar-refractivity contribution in [2.24, 2.45) is 17.8 Å². The van der Waals surface area contributed by atoms with E-state index in [1.165, 1.54) is 7.11 Å². The average Bonchev–Trinajstić information content (AvgIpc) is 3.38. The van der Waals surface area contributed by atoms with Crippen LogP contribution >= 0.6 is 0 Å². The minimum atomic E-state index is -1.06. The Bertz CT molecular complexity index is 992. The van der Waals surface area contributed by atoms with E-state index in [4.69, 9.17) is 14.3 Å². The fraction of sp³-hybridized carbons (Fsp3) is 0.542. The second-order valence-corrected chi connectivity index (χ2v) is 8.61. The summed E-state index contributed by atoms with van der Waals surface area (Å²) in [4.78, 5) is 38.3. The molecular weight excluding hydrogens is 446 g/mol. The number of hydrogen-bond acceptors (Lipinski definition) is 9. The van der Waals surface area contributed by atoms with Crippen LogP contribution in [0.3, 0.4) is 0 Å². The summed E-state index contributed by atoms with van der Waals surface area (Å²) in [6, 6.07) is 3.42. The molecule has 34 heavy (non-hydrogen) atoms. The van der Waals surface area contributed by atoms with Crippen LogP contribution in [0, 0.1) is 17.8 Å². The molecule has 1 aliphatic carbocycles. The highest BCUT2D eigenvalue weighted by molar-refractivity contribution is 6.15. The van der Waals surface area contributed by atoms with Gasteiger partial charge in [-0.2, -0.15) is 4.90 Å². The Morgan fingerprint density at radius 3 is 2.59 bits per heavy atom. The van der Waals surface area contributed by atoms with Gasteiger partial charge in [0.15, 0.2) is 0 Å². The van der Waals surface area contributed by atoms with E-state index in [0.29, 0.717) is 40.4 Å². The molecule has 2 heterocycles. The Kier molecular flexibility index (Phi) is 8.42. The first kappa shape index (κ1) is 25.8. The van der Waals surface area contributed by atoms with E-state index in [9.17, 15) is 24.6 Å². The number of allylic oxidation sites excluding steroid dienone is 1. The van der Waals surface area contributed by atoms with E-state index in [1.54, 1.807) is 12.1 Å². The minimum absolute atomic E-state index is 0.122. The first-order valence-electron chi connectivity index (χ1n) is 11.1. The summed E-state index contributed by atoms with van der Waals surface area (Å²) in [5.74, 6) is -2.97. The third kappa shape index (κ3) is 5.00. The lowest BCUT2D eigenvalue weighted by atomic mass is 9.68. The van der Waals surface area contributed by atoms with E-state index in [-0.39, 0.29) is 19.6 Å². The summed E-state index contributed by atoms with van der Waals surface area (Å²) in [7, 11) is 2.57. The van der Waals surface area contributed by atoms with E-state index < -0.39 is 48.4 Å². The van der Waals surface area contributed by atoms with Gasteiger partial charge in [0.2, 0.25) is 11.8 Å². The Morgan fingerprint density at radius 1 is 1.26 bits per heavy atom. The molecule has 0 saturated carbocycles. The highest BCUT2D eigenvalue weighted by Crippen LogP contribution is 2.46. The maximum absolute atomic E-state index is 13.0. The van der Waals surface area contributed by atoms with Gasteiger partial charge < -0.3 is 29.2 Å². The third-order valence-electron chi connectivity index (χ3n) is 6.45. The van der Waals surface area contributed by atoms with Crippen molar-refractivity contribution in [3.63, 3.8) is 0 Å². The summed E-state index contributed by atoms with van der Waals surface area (Å²) in [6.45, 7) is 1.34. The zero-order valence-electron chi connectivity index (χ0n) is 19.5. The number of furan rings is 1. The van der Waals surface area contributed by atoms with Crippen LogP contribution in [-0.4, -0.2) is 71.7 Å².